The summed E-state index contributed by atoms with van der Waals surface area (Å²) in [5.41, 5.74) is 6.77. The first kappa shape index (κ1) is 13.7. The van der Waals surface area contributed by atoms with Gasteiger partial charge in [-0.05, 0) is 43.9 Å². The fourth-order valence-corrected chi connectivity index (χ4v) is 3.79. The first-order chi connectivity index (χ1) is 8.45. The molecule has 1 saturated carbocycles. The number of hydrogen-bond acceptors (Lipinski definition) is 3. The summed E-state index contributed by atoms with van der Waals surface area (Å²) in [6.45, 7) is 11.3. The number of nitrogens with two attached hydrogens (primary N) is 1. The highest BCUT2D eigenvalue weighted by atomic mass is 15.4. The maximum Gasteiger partial charge on any atom is 0.191 e. The van der Waals surface area contributed by atoms with Crippen LogP contribution in [0.25, 0.3) is 0 Å². The second kappa shape index (κ2) is 4.75. The van der Waals surface area contributed by atoms with Gasteiger partial charge in [-0.15, -0.1) is 0 Å². The minimum atomic E-state index is 0.263. The molecule has 1 fully saturated rings. The molecule has 3 heteroatoms. The molecule has 3 nitrogen and oxygen atoms in total. The van der Waals surface area contributed by atoms with Crippen LogP contribution in [-0.2, 0) is 0 Å². The molecule has 0 radical (unpaired) electrons. The average molecular weight is 251 g/mol. The van der Waals surface area contributed by atoms with Gasteiger partial charge in [-0.1, -0.05) is 27.2 Å². The van der Waals surface area contributed by atoms with Gasteiger partial charge in [0, 0.05) is 6.54 Å². The van der Waals surface area contributed by atoms with Crippen molar-refractivity contribution in [2.75, 3.05) is 13.1 Å². The van der Waals surface area contributed by atoms with Gasteiger partial charge < -0.3 is 10.6 Å². The number of aliphatic imine (C=N–C) groups is 1. The molecule has 0 aromatic carbocycles. The summed E-state index contributed by atoms with van der Waals surface area (Å²) < 4.78 is 0. The molecule has 2 aliphatic rings. The Hall–Kier alpha value is -0.730. The van der Waals surface area contributed by atoms with Crippen molar-refractivity contribution in [2.24, 2.45) is 22.1 Å². The molecule has 0 amide bonds. The second-order valence-electron chi connectivity index (χ2n) is 6.76. The lowest BCUT2D eigenvalue weighted by Gasteiger charge is -2.47. The van der Waals surface area contributed by atoms with Crippen LogP contribution in [0.3, 0.4) is 0 Å². The van der Waals surface area contributed by atoms with Gasteiger partial charge in [0.25, 0.3) is 0 Å². The molecule has 2 N–H and O–H groups in total. The Morgan fingerprint density at radius 1 is 1.33 bits per heavy atom. The maximum absolute atomic E-state index is 6.02. The normalized spacial score (nSPS) is 33.0. The number of guanidine groups is 1. The number of likely N-dealkylation sites (N-methyl/N-ethyl adjacent to an activating group) is 1. The van der Waals surface area contributed by atoms with Gasteiger partial charge in [-0.3, -0.25) is 4.99 Å². The Labute approximate surface area is 112 Å². The topological polar surface area (TPSA) is 41.6 Å². The highest BCUT2D eigenvalue weighted by Crippen LogP contribution is 2.46. The van der Waals surface area contributed by atoms with E-state index in [0.29, 0.717) is 5.41 Å². The van der Waals surface area contributed by atoms with Gasteiger partial charge in [-0.25, -0.2) is 0 Å². The zero-order chi connectivity index (χ0) is 13.4. The molecule has 18 heavy (non-hydrogen) atoms. The van der Waals surface area contributed by atoms with E-state index >= 15 is 0 Å². The molecular weight excluding hydrogens is 222 g/mol. The minimum absolute atomic E-state index is 0.263. The Morgan fingerprint density at radius 2 is 1.94 bits per heavy atom. The monoisotopic (exact) mass is 251 g/mol. The van der Waals surface area contributed by atoms with E-state index in [-0.39, 0.29) is 5.54 Å². The minimum Gasteiger partial charge on any atom is -0.370 e. The van der Waals surface area contributed by atoms with Crippen LogP contribution >= 0.6 is 0 Å². The first-order valence-electron chi connectivity index (χ1n) is 7.53. The van der Waals surface area contributed by atoms with E-state index in [9.17, 15) is 0 Å². The predicted molar refractivity (Wildman–Crippen MR) is 77.6 cm³/mol. The Balaban J connectivity index is 2.03. The second-order valence-corrected chi connectivity index (χ2v) is 6.76. The summed E-state index contributed by atoms with van der Waals surface area (Å²) in [6, 6.07) is 0. The molecule has 104 valence electrons. The molecule has 1 heterocycles. The summed E-state index contributed by atoms with van der Waals surface area (Å²) in [4.78, 5) is 6.84. The van der Waals surface area contributed by atoms with E-state index in [1.807, 2.05) is 0 Å². The lowest BCUT2D eigenvalue weighted by Crippen LogP contribution is -2.54. The lowest BCUT2D eigenvalue weighted by molar-refractivity contribution is 0.0669. The molecule has 0 atom stereocenters. The molecule has 0 aromatic heterocycles. The average Bonchev–Trinajstić information content (AvgIpc) is 2.66. The van der Waals surface area contributed by atoms with Gasteiger partial charge in [0.2, 0.25) is 0 Å². The lowest BCUT2D eigenvalue weighted by atomic mass is 9.65. The SMILES string of the molecule is CCN1C(N)=NCC12CCC(C(C)(C)CC)CC2. The molecule has 1 aliphatic carbocycles. The molecule has 1 aliphatic heterocycles. The van der Waals surface area contributed by atoms with Crippen molar-refractivity contribution < 1.29 is 0 Å². The molecule has 1 spiro atoms. The smallest absolute Gasteiger partial charge is 0.191 e. The van der Waals surface area contributed by atoms with Gasteiger partial charge in [0.15, 0.2) is 5.96 Å². The van der Waals surface area contributed by atoms with Crippen LogP contribution in [0.1, 0.15) is 59.8 Å². The van der Waals surface area contributed by atoms with Crippen LogP contribution in [0.2, 0.25) is 0 Å². The van der Waals surface area contributed by atoms with Crippen molar-refractivity contribution in [3.8, 4) is 0 Å². The van der Waals surface area contributed by atoms with Gasteiger partial charge in [0.05, 0.1) is 12.1 Å². The third kappa shape index (κ3) is 2.12. The maximum atomic E-state index is 6.02. The molecule has 0 saturated heterocycles. The highest BCUT2D eigenvalue weighted by molar-refractivity contribution is 5.81. The zero-order valence-corrected chi connectivity index (χ0v) is 12.5. The van der Waals surface area contributed by atoms with Crippen molar-refractivity contribution in [2.45, 2.75) is 65.3 Å². The van der Waals surface area contributed by atoms with Crippen LogP contribution in [0.4, 0.5) is 0 Å². The summed E-state index contributed by atoms with van der Waals surface area (Å²) in [5.74, 6) is 1.64. The quantitative estimate of drug-likeness (QED) is 0.838. The molecule has 0 unspecified atom stereocenters. The standard InChI is InChI=1S/C15H29N3/c1-5-14(3,4)12-7-9-15(10-8-12)11-17-13(16)18(15)6-2/h12H,5-11H2,1-4H3,(H2,16,17). The largest absolute Gasteiger partial charge is 0.370 e. The number of rotatable bonds is 3. The Bertz CT molecular complexity index is 325. The number of nitrogens with zero attached hydrogens (tertiary/aromatic N) is 2. The third-order valence-corrected chi connectivity index (χ3v) is 5.63. The van der Waals surface area contributed by atoms with Gasteiger partial charge in [-0.2, -0.15) is 0 Å². The fraction of sp³-hybridized carbons (Fsp3) is 0.933. The van der Waals surface area contributed by atoms with Crippen molar-refractivity contribution >= 4 is 5.96 Å². The van der Waals surface area contributed by atoms with Crippen LogP contribution < -0.4 is 5.73 Å². The van der Waals surface area contributed by atoms with E-state index in [1.54, 1.807) is 0 Å². The van der Waals surface area contributed by atoms with E-state index in [2.05, 4.69) is 37.6 Å². The van der Waals surface area contributed by atoms with E-state index in [0.717, 1.165) is 25.0 Å². The van der Waals surface area contributed by atoms with Crippen LogP contribution in [0.5, 0.6) is 0 Å². The van der Waals surface area contributed by atoms with Crippen molar-refractivity contribution in [1.29, 1.82) is 0 Å². The fourth-order valence-electron chi connectivity index (χ4n) is 3.79. The van der Waals surface area contributed by atoms with Crippen molar-refractivity contribution in [1.82, 2.24) is 4.90 Å². The summed E-state index contributed by atoms with van der Waals surface area (Å²) >= 11 is 0. The first-order valence-corrected chi connectivity index (χ1v) is 7.53. The third-order valence-electron chi connectivity index (χ3n) is 5.63. The van der Waals surface area contributed by atoms with Crippen molar-refractivity contribution in [3.63, 3.8) is 0 Å². The van der Waals surface area contributed by atoms with E-state index in [4.69, 9.17) is 5.73 Å². The molecular formula is C15H29N3. The van der Waals surface area contributed by atoms with E-state index < -0.39 is 0 Å². The summed E-state index contributed by atoms with van der Waals surface area (Å²) in [5, 5.41) is 0. The van der Waals surface area contributed by atoms with Gasteiger partial charge in [0.1, 0.15) is 0 Å². The van der Waals surface area contributed by atoms with Gasteiger partial charge >= 0.3 is 0 Å². The van der Waals surface area contributed by atoms with Crippen molar-refractivity contribution in [3.05, 3.63) is 0 Å². The van der Waals surface area contributed by atoms with E-state index in [1.165, 1.54) is 32.1 Å². The van der Waals surface area contributed by atoms with Crippen LogP contribution in [0, 0.1) is 11.3 Å². The summed E-state index contributed by atoms with van der Waals surface area (Å²) in [7, 11) is 0. The molecule has 0 bridgehead atoms. The number of hydrogen-bond donors (Lipinski definition) is 1. The molecule has 0 aromatic rings. The zero-order valence-electron chi connectivity index (χ0n) is 12.5. The van der Waals surface area contributed by atoms with Crippen LogP contribution in [0.15, 0.2) is 4.99 Å². The highest BCUT2D eigenvalue weighted by Gasteiger charge is 2.45. The Kier molecular flexibility index (Phi) is 3.61. The molecule has 2 rings (SSSR count). The summed E-state index contributed by atoms with van der Waals surface area (Å²) in [6.07, 6.45) is 6.47. The predicted octanol–water partition coefficient (Wildman–Crippen LogP) is 3.00. The Morgan fingerprint density at radius 3 is 2.44 bits per heavy atom. The van der Waals surface area contributed by atoms with Crippen LogP contribution in [-0.4, -0.2) is 29.5 Å².